The van der Waals surface area contributed by atoms with Gasteiger partial charge in [0, 0.05) is 22.9 Å². The molecule has 3 N–H and O–H groups in total. The first-order valence-corrected chi connectivity index (χ1v) is 9.92. The molecule has 0 saturated carbocycles. The van der Waals surface area contributed by atoms with Gasteiger partial charge in [0.15, 0.2) is 0 Å². The Hall–Kier alpha value is -3.63. The van der Waals surface area contributed by atoms with Crippen LogP contribution in [0.2, 0.25) is 0 Å². The minimum absolute atomic E-state index is 0.0654. The van der Waals surface area contributed by atoms with Crippen molar-refractivity contribution in [2.24, 2.45) is 5.73 Å². The van der Waals surface area contributed by atoms with Crippen LogP contribution < -0.4 is 5.73 Å². The van der Waals surface area contributed by atoms with Gasteiger partial charge in [0.1, 0.15) is 0 Å². The summed E-state index contributed by atoms with van der Waals surface area (Å²) in [5.41, 5.74) is 11.2. The fourth-order valence-electron chi connectivity index (χ4n) is 4.39. The molecule has 5 aromatic rings. The number of hydrogen-bond acceptors (Lipinski definition) is 2. The Kier molecular flexibility index (Phi) is 4.30. The Bertz CT molecular complexity index is 1450. The lowest BCUT2D eigenvalue weighted by atomic mass is 10.0. The monoisotopic (exact) mass is 393 g/mol. The molecule has 5 rings (SSSR count). The van der Waals surface area contributed by atoms with E-state index in [1.807, 2.05) is 18.2 Å². The van der Waals surface area contributed by atoms with Gasteiger partial charge < -0.3 is 15.4 Å². The van der Waals surface area contributed by atoms with Crippen molar-refractivity contribution in [3.63, 3.8) is 0 Å². The van der Waals surface area contributed by atoms with Crippen LogP contribution >= 0.6 is 0 Å². The standard InChI is InChI=1S/C26H21N2O2/c1-16-9-11-18(20-6-3-2-5-19(16)20)14-28-23-8-4-7-22(26(27)30)25(23)21-12-10-17(15-29)13-24(21)28/h2-11,13,29H,14-15H2,1H3,(H2,27,30). The van der Waals surface area contributed by atoms with Gasteiger partial charge in [-0.15, -0.1) is 0 Å². The number of nitrogens with zero attached hydrogens (tertiary/aromatic N) is 1. The molecule has 0 spiro atoms. The second-order valence-corrected chi connectivity index (χ2v) is 7.66. The van der Waals surface area contributed by atoms with E-state index in [0.29, 0.717) is 12.1 Å². The Morgan fingerprint density at radius 1 is 1.03 bits per heavy atom. The SMILES string of the molecule is Cc1ccc(Cn2c3cc(CO)c[c]c3c3c(C(N)=O)cccc32)c2ccccc12. The third kappa shape index (κ3) is 2.77. The van der Waals surface area contributed by atoms with Gasteiger partial charge in [0.25, 0.3) is 0 Å². The smallest absolute Gasteiger partial charge is 0.249 e. The number of aliphatic hydroxyl groups is 1. The van der Waals surface area contributed by atoms with Gasteiger partial charge in [-0.1, -0.05) is 42.5 Å². The van der Waals surface area contributed by atoms with Crippen LogP contribution in [0, 0.1) is 13.0 Å². The molecule has 0 atom stereocenters. The van der Waals surface area contributed by atoms with Gasteiger partial charge in [-0.25, -0.2) is 0 Å². The average Bonchev–Trinajstić information content (AvgIpc) is 3.08. The van der Waals surface area contributed by atoms with Crippen LogP contribution in [0.1, 0.15) is 27.0 Å². The van der Waals surface area contributed by atoms with Crippen molar-refractivity contribution in [3.05, 3.63) is 95.1 Å². The quantitative estimate of drug-likeness (QED) is 0.465. The average molecular weight is 393 g/mol. The summed E-state index contributed by atoms with van der Waals surface area (Å²) >= 11 is 0. The molecule has 0 unspecified atom stereocenters. The van der Waals surface area contributed by atoms with E-state index in [2.05, 4.69) is 54.0 Å². The van der Waals surface area contributed by atoms with E-state index >= 15 is 0 Å². The van der Waals surface area contributed by atoms with E-state index < -0.39 is 5.91 Å². The largest absolute Gasteiger partial charge is 0.392 e. The fraction of sp³-hybridized carbons (Fsp3) is 0.115. The summed E-state index contributed by atoms with van der Waals surface area (Å²) in [7, 11) is 0. The van der Waals surface area contributed by atoms with Gasteiger partial charge >= 0.3 is 0 Å². The minimum atomic E-state index is -0.458. The number of carbonyl (C=O) groups excluding carboxylic acids is 1. The molecule has 0 aliphatic carbocycles. The molecule has 147 valence electrons. The van der Waals surface area contributed by atoms with E-state index in [1.165, 1.54) is 21.9 Å². The van der Waals surface area contributed by atoms with E-state index in [4.69, 9.17) is 5.73 Å². The van der Waals surface area contributed by atoms with Gasteiger partial charge in [-0.3, -0.25) is 4.79 Å². The summed E-state index contributed by atoms with van der Waals surface area (Å²) in [6.07, 6.45) is 0. The summed E-state index contributed by atoms with van der Waals surface area (Å²) in [5.74, 6) is -0.458. The first kappa shape index (κ1) is 18.4. The van der Waals surface area contributed by atoms with Gasteiger partial charge in [0.2, 0.25) is 5.91 Å². The molecule has 1 radical (unpaired) electrons. The van der Waals surface area contributed by atoms with Crippen LogP contribution in [0.5, 0.6) is 0 Å². The van der Waals surface area contributed by atoms with Crippen molar-refractivity contribution < 1.29 is 9.90 Å². The predicted molar refractivity (Wildman–Crippen MR) is 121 cm³/mol. The molecule has 0 saturated heterocycles. The van der Waals surface area contributed by atoms with Crippen molar-refractivity contribution >= 4 is 38.5 Å². The second kappa shape index (κ2) is 7.01. The zero-order valence-corrected chi connectivity index (χ0v) is 16.6. The summed E-state index contributed by atoms with van der Waals surface area (Å²) in [5, 5.41) is 13.8. The first-order chi connectivity index (χ1) is 14.6. The summed E-state index contributed by atoms with van der Waals surface area (Å²) in [4.78, 5) is 12.1. The van der Waals surface area contributed by atoms with Crippen molar-refractivity contribution in [2.45, 2.75) is 20.1 Å². The highest BCUT2D eigenvalue weighted by Crippen LogP contribution is 2.34. The number of primary amides is 1. The van der Waals surface area contributed by atoms with Crippen LogP contribution in [-0.2, 0) is 13.2 Å². The van der Waals surface area contributed by atoms with Crippen LogP contribution in [0.4, 0.5) is 0 Å². The number of fused-ring (bicyclic) bond motifs is 4. The molecule has 0 bridgehead atoms. The zero-order chi connectivity index (χ0) is 20.8. The van der Waals surface area contributed by atoms with Gasteiger partial charge in [-0.05, 0) is 64.7 Å². The number of rotatable bonds is 4. The van der Waals surface area contributed by atoms with Gasteiger partial charge in [-0.2, -0.15) is 0 Å². The van der Waals surface area contributed by atoms with Crippen LogP contribution in [0.15, 0.2) is 66.7 Å². The van der Waals surface area contributed by atoms with E-state index in [-0.39, 0.29) is 6.61 Å². The maximum atomic E-state index is 12.1. The maximum absolute atomic E-state index is 12.1. The summed E-state index contributed by atoms with van der Waals surface area (Å²) in [6.45, 7) is 2.68. The number of aromatic nitrogens is 1. The van der Waals surface area contributed by atoms with Crippen molar-refractivity contribution in [3.8, 4) is 0 Å². The Labute approximate surface area is 174 Å². The highest BCUT2D eigenvalue weighted by atomic mass is 16.3. The molecule has 1 heterocycles. The number of carbonyl (C=O) groups is 1. The zero-order valence-electron chi connectivity index (χ0n) is 16.6. The third-order valence-electron chi connectivity index (χ3n) is 5.86. The Morgan fingerprint density at radius 2 is 1.83 bits per heavy atom. The molecule has 0 aliphatic rings. The Morgan fingerprint density at radius 3 is 2.60 bits per heavy atom. The first-order valence-electron chi connectivity index (χ1n) is 9.92. The molecular weight excluding hydrogens is 372 g/mol. The van der Waals surface area contributed by atoms with Crippen LogP contribution in [0.3, 0.4) is 0 Å². The van der Waals surface area contributed by atoms with Crippen molar-refractivity contribution in [1.29, 1.82) is 0 Å². The highest BCUT2D eigenvalue weighted by Gasteiger charge is 2.17. The van der Waals surface area contributed by atoms with E-state index in [9.17, 15) is 9.90 Å². The van der Waals surface area contributed by atoms with Crippen LogP contribution in [0.25, 0.3) is 32.6 Å². The van der Waals surface area contributed by atoms with E-state index in [0.717, 1.165) is 27.4 Å². The molecule has 0 aliphatic heterocycles. The lowest BCUT2D eigenvalue weighted by Gasteiger charge is -2.13. The van der Waals surface area contributed by atoms with E-state index in [1.54, 1.807) is 12.1 Å². The van der Waals surface area contributed by atoms with Crippen molar-refractivity contribution in [1.82, 2.24) is 4.57 Å². The molecule has 30 heavy (non-hydrogen) atoms. The Balaban J connectivity index is 1.83. The molecule has 4 nitrogen and oxygen atoms in total. The second-order valence-electron chi connectivity index (χ2n) is 7.66. The number of benzene rings is 4. The number of aryl methyl sites for hydroxylation is 1. The molecule has 1 amide bonds. The lowest BCUT2D eigenvalue weighted by Crippen LogP contribution is -2.11. The fourth-order valence-corrected chi connectivity index (χ4v) is 4.39. The number of aliphatic hydroxyl groups excluding tert-OH is 1. The van der Waals surface area contributed by atoms with Crippen molar-refractivity contribution in [2.75, 3.05) is 0 Å². The topological polar surface area (TPSA) is 68.2 Å². The number of nitrogens with two attached hydrogens (primary N) is 1. The number of hydrogen-bond donors (Lipinski definition) is 2. The molecule has 4 heteroatoms. The third-order valence-corrected chi connectivity index (χ3v) is 5.86. The number of amides is 1. The lowest BCUT2D eigenvalue weighted by molar-refractivity contribution is 0.100. The summed E-state index contributed by atoms with van der Waals surface area (Å²) < 4.78 is 2.18. The minimum Gasteiger partial charge on any atom is -0.392 e. The van der Waals surface area contributed by atoms with Crippen LogP contribution in [-0.4, -0.2) is 15.6 Å². The normalized spacial score (nSPS) is 11.5. The predicted octanol–water partition coefficient (Wildman–Crippen LogP) is 4.70. The molecule has 0 fully saturated rings. The highest BCUT2D eigenvalue weighted by molar-refractivity contribution is 6.17. The maximum Gasteiger partial charge on any atom is 0.249 e. The molecular formula is C26H21N2O2. The van der Waals surface area contributed by atoms with Gasteiger partial charge in [0.05, 0.1) is 17.6 Å². The molecule has 4 aromatic carbocycles. The molecule has 1 aromatic heterocycles. The summed E-state index contributed by atoms with van der Waals surface area (Å²) in [6, 6.07) is 25.3.